The van der Waals surface area contributed by atoms with Gasteiger partial charge in [0.05, 0.1) is 5.75 Å². The highest BCUT2D eigenvalue weighted by molar-refractivity contribution is 7.99. The van der Waals surface area contributed by atoms with Gasteiger partial charge in [-0.25, -0.2) is 0 Å². The highest BCUT2D eigenvalue weighted by Crippen LogP contribution is 2.28. The summed E-state index contributed by atoms with van der Waals surface area (Å²) >= 11 is 1.25. The summed E-state index contributed by atoms with van der Waals surface area (Å²) in [6, 6.07) is 0.293. The number of nitrogens with zero attached hydrogens (tertiary/aromatic N) is 3. The summed E-state index contributed by atoms with van der Waals surface area (Å²) < 4.78 is 2.11. The first-order valence-corrected chi connectivity index (χ1v) is 8.10. The lowest BCUT2D eigenvalue weighted by Gasteiger charge is -2.20. The van der Waals surface area contributed by atoms with Crippen LogP contribution in [0.25, 0.3) is 0 Å². The average molecular weight is 299 g/mol. The molecule has 20 heavy (non-hydrogen) atoms. The predicted molar refractivity (Wildman–Crippen MR) is 81.3 cm³/mol. The van der Waals surface area contributed by atoms with Crippen LogP contribution >= 0.6 is 11.8 Å². The van der Waals surface area contributed by atoms with Crippen molar-refractivity contribution >= 4 is 17.7 Å². The van der Waals surface area contributed by atoms with Crippen LogP contribution in [0.3, 0.4) is 0 Å². The van der Waals surface area contributed by atoms with Gasteiger partial charge in [-0.1, -0.05) is 39.5 Å². The number of carbonyl (C=O) groups is 1. The molecule has 1 atom stereocenters. The number of carboxylic acid groups (broad SMARTS) is 1. The monoisotopic (exact) mass is 299 g/mol. The van der Waals surface area contributed by atoms with E-state index in [9.17, 15) is 4.79 Å². The molecule has 0 spiro atoms. The van der Waals surface area contributed by atoms with E-state index < -0.39 is 5.97 Å². The molecule has 1 unspecified atom stereocenters. The van der Waals surface area contributed by atoms with Crippen molar-refractivity contribution in [3.8, 4) is 0 Å². The van der Waals surface area contributed by atoms with Gasteiger partial charge >= 0.3 is 5.97 Å². The van der Waals surface area contributed by atoms with Crippen LogP contribution in [0, 0.1) is 5.92 Å². The Morgan fingerprint density at radius 2 is 1.85 bits per heavy atom. The van der Waals surface area contributed by atoms with Gasteiger partial charge in [-0.2, -0.15) is 0 Å². The first kappa shape index (κ1) is 17.0. The highest BCUT2D eigenvalue weighted by Gasteiger charge is 2.20. The summed E-state index contributed by atoms with van der Waals surface area (Å²) in [6.07, 6.45) is 2.19. The van der Waals surface area contributed by atoms with Crippen molar-refractivity contribution in [1.82, 2.24) is 14.8 Å². The number of hydrogen-bond donors (Lipinski definition) is 1. The third kappa shape index (κ3) is 4.81. The lowest BCUT2D eigenvalue weighted by atomic mass is 10.0. The van der Waals surface area contributed by atoms with Crippen LogP contribution in [0.15, 0.2) is 5.16 Å². The van der Waals surface area contributed by atoms with Gasteiger partial charge in [-0.3, -0.25) is 4.79 Å². The van der Waals surface area contributed by atoms with Crippen molar-refractivity contribution in [3.05, 3.63) is 5.82 Å². The van der Waals surface area contributed by atoms with Crippen LogP contribution in [0.2, 0.25) is 0 Å². The van der Waals surface area contributed by atoms with Crippen LogP contribution in [-0.4, -0.2) is 31.6 Å². The minimum Gasteiger partial charge on any atom is -0.481 e. The average Bonchev–Trinajstić information content (AvgIpc) is 2.77. The maximum Gasteiger partial charge on any atom is 0.313 e. The second-order valence-corrected chi connectivity index (χ2v) is 6.81. The van der Waals surface area contributed by atoms with Crippen LogP contribution in [-0.2, 0) is 4.79 Å². The fourth-order valence-corrected chi connectivity index (χ4v) is 2.79. The number of hydrogen-bond acceptors (Lipinski definition) is 4. The molecule has 0 radical (unpaired) electrons. The molecule has 1 rings (SSSR count). The van der Waals surface area contributed by atoms with E-state index in [4.69, 9.17) is 5.11 Å². The number of aliphatic carboxylic acids is 1. The van der Waals surface area contributed by atoms with Gasteiger partial charge in [0.15, 0.2) is 5.16 Å². The number of rotatable bonds is 8. The fourth-order valence-electron chi connectivity index (χ4n) is 2.02. The fraction of sp³-hybridized carbons (Fsp3) is 0.786. The van der Waals surface area contributed by atoms with Gasteiger partial charge in [0.1, 0.15) is 5.82 Å². The SMILES string of the molecule is CC(C)CCC(C)n1c(SCC(=O)O)nnc1C(C)C. The Morgan fingerprint density at radius 3 is 2.35 bits per heavy atom. The minimum absolute atomic E-state index is 0.0210. The van der Waals surface area contributed by atoms with Crippen molar-refractivity contribution in [2.45, 2.75) is 64.6 Å². The van der Waals surface area contributed by atoms with E-state index in [1.54, 1.807) is 0 Å². The van der Waals surface area contributed by atoms with E-state index in [2.05, 4.69) is 49.4 Å². The molecule has 6 heteroatoms. The van der Waals surface area contributed by atoms with Gasteiger partial charge in [0, 0.05) is 12.0 Å². The van der Waals surface area contributed by atoms with Crippen LogP contribution in [0.5, 0.6) is 0 Å². The van der Waals surface area contributed by atoms with Crippen molar-refractivity contribution in [3.63, 3.8) is 0 Å². The molecular formula is C14H25N3O2S. The molecule has 0 bridgehead atoms. The Balaban J connectivity index is 2.92. The summed E-state index contributed by atoms with van der Waals surface area (Å²) in [4.78, 5) is 10.7. The van der Waals surface area contributed by atoms with Crippen molar-refractivity contribution in [2.24, 2.45) is 5.92 Å². The summed E-state index contributed by atoms with van der Waals surface area (Å²) in [5.74, 6) is 1.07. The molecule has 114 valence electrons. The lowest BCUT2D eigenvalue weighted by molar-refractivity contribution is -0.133. The molecule has 5 nitrogen and oxygen atoms in total. The molecule has 0 aliphatic heterocycles. The highest BCUT2D eigenvalue weighted by atomic mass is 32.2. The Bertz CT molecular complexity index is 444. The third-order valence-electron chi connectivity index (χ3n) is 3.13. The molecule has 0 fully saturated rings. The van der Waals surface area contributed by atoms with Crippen LogP contribution in [0.1, 0.15) is 65.2 Å². The molecule has 0 aliphatic carbocycles. The zero-order valence-corrected chi connectivity index (χ0v) is 13.8. The molecule has 0 saturated heterocycles. The van der Waals surface area contributed by atoms with E-state index in [-0.39, 0.29) is 11.7 Å². The largest absolute Gasteiger partial charge is 0.481 e. The summed E-state index contributed by atoms with van der Waals surface area (Å²) in [5.41, 5.74) is 0. The zero-order chi connectivity index (χ0) is 15.3. The maximum atomic E-state index is 10.7. The quantitative estimate of drug-likeness (QED) is 0.743. The molecule has 0 amide bonds. The van der Waals surface area contributed by atoms with E-state index in [1.807, 2.05) is 0 Å². The first-order valence-electron chi connectivity index (χ1n) is 7.12. The lowest BCUT2D eigenvalue weighted by Crippen LogP contribution is -2.13. The summed E-state index contributed by atoms with van der Waals surface area (Å²) in [5, 5.41) is 17.9. The molecule has 0 saturated carbocycles. The van der Waals surface area contributed by atoms with Crippen molar-refractivity contribution in [2.75, 3.05) is 5.75 Å². The number of carboxylic acids is 1. The Labute approximate surface area is 125 Å². The van der Waals surface area contributed by atoms with E-state index in [0.717, 1.165) is 18.7 Å². The number of thioether (sulfide) groups is 1. The molecule has 1 aromatic rings. The van der Waals surface area contributed by atoms with Gasteiger partial charge in [-0.15, -0.1) is 10.2 Å². The Morgan fingerprint density at radius 1 is 1.20 bits per heavy atom. The number of aromatic nitrogens is 3. The third-order valence-corrected chi connectivity index (χ3v) is 4.06. The molecule has 0 aromatic carbocycles. The summed E-state index contributed by atoms with van der Waals surface area (Å²) in [7, 11) is 0. The van der Waals surface area contributed by atoms with E-state index in [0.29, 0.717) is 17.1 Å². The van der Waals surface area contributed by atoms with E-state index in [1.165, 1.54) is 11.8 Å². The molecule has 1 N–H and O–H groups in total. The van der Waals surface area contributed by atoms with Gasteiger partial charge in [0.2, 0.25) is 0 Å². The Kier molecular flexibility index (Phi) is 6.52. The topological polar surface area (TPSA) is 68.0 Å². The van der Waals surface area contributed by atoms with Crippen LogP contribution in [0.4, 0.5) is 0 Å². The van der Waals surface area contributed by atoms with Crippen molar-refractivity contribution in [1.29, 1.82) is 0 Å². The predicted octanol–water partition coefficient (Wildman–Crippen LogP) is 3.58. The van der Waals surface area contributed by atoms with E-state index >= 15 is 0 Å². The van der Waals surface area contributed by atoms with Gasteiger partial charge < -0.3 is 9.67 Å². The zero-order valence-electron chi connectivity index (χ0n) is 13.0. The molecule has 1 aromatic heterocycles. The van der Waals surface area contributed by atoms with Gasteiger partial charge in [0.25, 0.3) is 0 Å². The maximum absolute atomic E-state index is 10.7. The first-order chi connectivity index (χ1) is 9.32. The second-order valence-electron chi connectivity index (χ2n) is 5.87. The standard InChI is InChI=1S/C14H25N3O2S/c1-9(2)6-7-11(5)17-13(10(3)4)15-16-14(17)20-8-12(18)19/h9-11H,6-8H2,1-5H3,(H,18,19). The normalized spacial score (nSPS) is 13.2. The second kappa shape index (κ2) is 7.67. The van der Waals surface area contributed by atoms with Crippen molar-refractivity contribution < 1.29 is 9.90 Å². The van der Waals surface area contributed by atoms with Crippen LogP contribution < -0.4 is 0 Å². The molecular weight excluding hydrogens is 274 g/mol. The molecule has 0 aliphatic rings. The molecule has 1 heterocycles. The Hall–Kier alpha value is -1.04. The summed E-state index contributed by atoms with van der Waals surface area (Å²) in [6.45, 7) is 10.7. The smallest absolute Gasteiger partial charge is 0.313 e. The minimum atomic E-state index is -0.828. The van der Waals surface area contributed by atoms with Gasteiger partial charge in [-0.05, 0) is 25.7 Å².